The van der Waals surface area contributed by atoms with Crippen LogP contribution in [0.4, 0.5) is 5.69 Å². The second-order valence-corrected chi connectivity index (χ2v) is 8.01. The monoisotopic (exact) mass is 387 g/mol. The van der Waals surface area contributed by atoms with Crippen molar-refractivity contribution in [3.05, 3.63) is 43.1 Å². The first-order valence-corrected chi connectivity index (χ1v) is 10.0. The van der Waals surface area contributed by atoms with Crippen LogP contribution in [0.15, 0.2) is 43.1 Å². The van der Waals surface area contributed by atoms with E-state index in [2.05, 4.69) is 42.4 Å². The molecule has 0 radical (unpaired) electrons. The lowest BCUT2D eigenvalue weighted by atomic mass is 9.77. The molecule has 0 bridgehead atoms. The summed E-state index contributed by atoms with van der Waals surface area (Å²) < 4.78 is 1.79. The van der Waals surface area contributed by atoms with Crippen LogP contribution in [0.3, 0.4) is 0 Å². The van der Waals surface area contributed by atoms with Crippen LogP contribution < -0.4 is 10.2 Å². The highest BCUT2D eigenvalue weighted by Gasteiger charge is 2.44. The van der Waals surface area contributed by atoms with Crippen molar-refractivity contribution in [3.63, 3.8) is 0 Å². The number of hydrogen-bond acceptors (Lipinski definition) is 5. The van der Waals surface area contributed by atoms with Gasteiger partial charge in [0.2, 0.25) is 5.91 Å². The van der Waals surface area contributed by atoms with E-state index in [1.165, 1.54) is 5.69 Å². The van der Waals surface area contributed by atoms with Crippen LogP contribution in [0.5, 0.6) is 0 Å². The van der Waals surface area contributed by atoms with Crippen molar-refractivity contribution in [2.75, 3.05) is 24.5 Å². The fourth-order valence-corrected chi connectivity index (χ4v) is 4.87. The Kier molecular flexibility index (Phi) is 3.44. The lowest BCUT2D eigenvalue weighted by Gasteiger charge is -2.39. The maximum Gasteiger partial charge on any atom is 0.226 e. The lowest BCUT2D eigenvalue weighted by Crippen LogP contribution is -2.44. The van der Waals surface area contributed by atoms with Gasteiger partial charge in [-0.25, -0.2) is 14.5 Å². The minimum atomic E-state index is -0.180. The number of anilines is 1. The lowest BCUT2D eigenvalue weighted by molar-refractivity contribution is -0.128. The molecule has 4 aromatic heterocycles. The van der Waals surface area contributed by atoms with E-state index >= 15 is 0 Å². The van der Waals surface area contributed by atoms with Crippen molar-refractivity contribution in [2.24, 2.45) is 5.41 Å². The molecule has 146 valence electrons. The second kappa shape index (κ2) is 6.04. The van der Waals surface area contributed by atoms with E-state index in [4.69, 9.17) is 0 Å². The zero-order valence-electron chi connectivity index (χ0n) is 15.9. The van der Waals surface area contributed by atoms with Crippen LogP contribution >= 0.6 is 0 Å². The van der Waals surface area contributed by atoms with E-state index in [0.29, 0.717) is 0 Å². The van der Waals surface area contributed by atoms with E-state index in [1.54, 1.807) is 10.8 Å². The zero-order valence-corrected chi connectivity index (χ0v) is 15.9. The molecule has 2 aliphatic rings. The maximum absolute atomic E-state index is 12.4. The summed E-state index contributed by atoms with van der Waals surface area (Å²) in [6.07, 6.45) is 10.1. The first kappa shape index (κ1) is 16.5. The number of hydrogen-bond donors (Lipinski definition) is 2. The summed E-state index contributed by atoms with van der Waals surface area (Å²) in [7, 11) is 0. The molecule has 29 heavy (non-hydrogen) atoms. The summed E-state index contributed by atoms with van der Waals surface area (Å²) in [5.41, 5.74) is 4.81. The van der Waals surface area contributed by atoms with Gasteiger partial charge in [0.1, 0.15) is 12.0 Å². The van der Waals surface area contributed by atoms with Crippen molar-refractivity contribution in [1.82, 2.24) is 29.9 Å². The van der Waals surface area contributed by atoms with Gasteiger partial charge in [-0.15, -0.1) is 0 Å². The van der Waals surface area contributed by atoms with Gasteiger partial charge in [0.25, 0.3) is 0 Å². The number of aromatic nitrogens is 5. The standard InChI is InChI=1S/C21H21N7O/c29-20-21(4-8-23-20)5-9-27(10-6-21)18-15-3-7-22-19(15)24-11-16(18)14-1-2-17-25-13-26-28(17)12-14/h1-3,7,11-13H,4-6,8-10H2,(H,22,24)(H,23,29). The van der Waals surface area contributed by atoms with E-state index in [9.17, 15) is 4.79 Å². The molecule has 0 saturated carbocycles. The Morgan fingerprint density at radius 1 is 1.07 bits per heavy atom. The predicted octanol–water partition coefficient (Wildman–Crippen LogP) is 2.38. The first-order chi connectivity index (χ1) is 14.2. The van der Waals surface area contributed by atoms with Crippen LogP contribution in [0, 0.1) is 5.41 Å². The van der Waals surface area contributed by atoms with Crippen molar-refractivity contribution in [1.29, 1.82) is 0 Å². The Labute approximate surface area is 167 Å². The predicted molar refractivity (Wildman–Crippen MR) is 110 cm³/mol. The number of H-pyrrole nitrogens is 1. The Morgan fingerprint density at radius 3 is 2.79 bits per heavy atom. The maximum atomic E-state index is 12.4. The van der Waals surface area contributed by atoms with Crippen molar-refractivity contribution in [2.45, 2.75) is 19.3 Å². The Hall–Kier alpha value is -3.42. The van der Waals surface area contributed by atoms with E-state index in [0.717, 1.165) is 66.7 Å². The number of piperidine rings is 1. The fraction of sp³-hybridized carbons (Fsp3) is 0.333. The SMILES string of the molecule is O=C1NCCC12CCN(c1c(-c3ccc4ncnn4c3)cnc3[nH]ccc13)CC2. The van der Waals surface area contributed by atoms with Crippen LogP contribution in [0.2, 0.25) is 0 Å². The number of rotatable bonds is 2. The average Bonchev–Trinajstić information content (AvgIpc) is 3.48. The third-order valence-corrected chi connectivity index (χ3v) is 6.55. The molecule has 2 fully saturated rings. The molecule has 1 amide bonds. The molecular weight excluding hydrogens is 366 g/mol. The largest absolute Gasteiger partial charge is 0.370 e. The average molecular weight is 387 g/mol. The summed E-state index contributed by atoms with van der Waals surface area (Å²) >= 11 is 0. The van der Waals surface area contributed by atoms with Crippen molar-refractivity contribution in [3.8, 4) is 11.1 Å². The van der Waals surface area contributed by atoms with Crippen LogP contribution in [-0.2, 0) is 4.79 Å². The van der Waals surface area contributed by atoms with Crippen LogP contribution in [-0.4, -0.2) is 50.1 Å². The van der Waals surface area contributed by atoms with Gasteiger partial charge in [0.05, 0.1) is 11.1 Å². The summed E-state index contributed by atoms with van der Waals surface area (Å²) in [6.45, 7) is 2.52. The highest BCUT2D eigenvalue weighted by molar-refractivity contribution is 5.99. The number of amides is 1. The third-order valence-electron chi connectivity index (χ3n) is 6.55. The molecule has 4 aromatic rings. The number of pyridine rings is 2. The molecule has 6 heterocycles. The number of nitrogens with zero attached hydrogens (tertiary/aromatic N) is 5. The third kappa shape index (κ3) is 2.45. The number of nitrogens with one attached hydrogen (secondary N) is 2. The summed E-state index contributed by atoms with van der Waals surface area (Å²) in [5, 5.41) is 8.41. The molecule has 8 nitrogen and oxygen atoms in total. The van der Waals surface area contributed by atoms with Crippen LogP contribution in [0.25, 0.3) is 27.8 Å². The minimum absolute atomic E-state index is 0.180. The topological polar surface area (TPSA) is 91.2 Å². The Morgan fingerprint density at radius 2 is 1.97 bits per heavy atom. The second-order valence-electron chi connectivity index (χ2n) is 8.01. The highest BCUT2D eigenvalue weighted by Crippen LogP contribution is 2.43. The summed E-state index contributed by atoms with van der Waals surface area (Å²) in [6, 6.07) is 6.13. The Bertz CT molecular complexity index is 1230. The van der Waals surface area contributed by atoms with Crippen molar-refractivity contribution >= 4 is 28.3 Å². The minimum Gasteiger partial charge on any atom is -0.370 e. The zero-order chi connectivity index (χ0) is 19.4. The molecule has 0 aliphatic carbocycles. The molecule has 2 N–H and O–H groups in total. The normalized spacial score (nSPS) is 18.8. The Balaban J connectivity index is 1.44. The molecule has 6 rings (SSSR count). The molecule has 8 heteroatoms. The highest BCUT2D eigenvalue weighted by atomic mass is 16.2. The van der Waals surface area contributed by atoms with Gasteiger partial charge in [-0.05, 0) is 37.5 Å². The van der Waals surface area contributed by atoms with Gasteiger partial charge in [-0.1, -0.05) is 0 Å². The van der Waals surface area contributed by atoms with E-state index < -0.39 is 0 Å². The van der Waals surface area contributed by atoms with Gasteiger partial charge in [-0.2, -0.15) is 5.10 Å². The quantitative estimate of drug-likeness (QED) is 0.551. The molecule has 1 spiro atoms. The first-order valence-electron chi connectivity index (χ1n) is 10.0. The molecule has 0 unspecified atom stereocenters. The van der Waals surface area contributed by atoms with E-state index in [-0.39, 0.29) is 11.3 Å². The smallest absolute Gasteiger partial charge is 0.226 e. The molecule has 2 aliphatic heterocycles. The molecule has 0 atom stereocenters. The van der Waals surface area contributed by atoms with Gasteiger partial charge in [0, 0.05) is 54.7 Å². The van der Waals surface area contributed by atoms with Gasteiger partial charge in [0.15, 0.2) is 5.65 Å². The summed E-state index contributed by atoms with van der Waals surface area (Å²) in [4.78, 5) is 26.9. The van der Waals surface area contributed by atoms with Crippen molar-refractivity contribution < 1.29 is 4.79 Å². The van der Waals surface area contributed by atoms with Gasteiger partial charge in [-0.3, -0.25) is 4.79 Å². The van der Waals surface area contributed by atoms with E-state index in [1.807, 2.05) is 24.7 Å². The molecule has 2 saturated heterocycles. The molecular formula is C21H21N7O. The van der Waals surface area contributed by atoms with Crippen LogP contribution in [0.1, 0.15) is 19.3 Å². The fourth-order valence-electron chi connectivity index (χ4n) is 4.87. The van der Waals surface area contributed by atoms with Gasteiger partial charge >= 0.3 is 0 Å². The number of carbonyl (C=O) groups excluding carboxylic acids is 1. The molecule has 0 aromatic carbocycles. The number of aromatic amines is 1. The summed E-state index contributed by atoms with van der Waals surface area (Å²) in [5.74, 6) is 0.232. The number of fused-ring (bicyclic) bond motifs is 2. The van der Waals surface area contributed by atoms with Gasteiger partial charge < -0.3 is 15.2 Å². The number of carbonyl (C=O) groups is 1.